The van der Waals surface area contributed by atoms with Gasteiger partial charge in [-0.1, -0.05) is 95.5 Å². The van der Waals surface area contributed by atoms with Crippen LogP contribution in [0.3, 0.4) is 0 Å². The van der Waals surface area contributed by atoms with Gasteiger partial charge in [-0.2, -0.15) is 0 Å². The lowest BCUT2D eigenvalue weighted by Gasteiger charge is -2.29. The molecule has 0 saturated heterocycles. The number of hydrogen-bond donors (Lipinski definition) is 0. The molecule has 0 radical (unpaired) electrons. The molecule has 0 spiro atoms. The van der Waals surface area contributed by atoms with E-state index in [9.17, 15) is 0 Å². The van der Waals surface area contributed by atoms with Crippen LogP contribution < -0.4 is 0 Å². The Bertz CT molecular complexity index is 369. The average molecular weight is 323 g/mol. The molecule has 2 atom stereocenters. The predicted molar refractivity (Wildman–Crippen MR) is 101 cm³/mol. The Balaban J connectivity index is 2.16. The molecule has 1 heteroatoms. The summed E-state index contributed by atoms with van der Waals surface area (Å²) in [7, 11) is 0. The van der Waals surface area contributed by atoms with E-state index in [1.165, 1.54) is 63.4 Å². The van der Waals surface area contributed by atoms with E-state index in [0.29, 0.717) is 5.92 Å². The van der Waals surface area contributed by atoms with Crippen molar-refractivity contribution in [3.05, 3.63) is 35.9 Å². The maximum absolute atomic E-state index is 6.82. The molecule has 0 aromatic heterocycles. The second-order valence-electron chi connectivity index (χ2n) is 7.11. The van der Waals surface area contributed by atoms with Gasteiger partial charge < -0.3 is 0 Å². The van der Waals surface area contributed by atoms with Crippen molar-refractivity contribution in [2.24, 2.45) is 5.92 Å². The standard InChI is InChI=1S/C21H35Cl/c1-4-5-6-7-8-9-10-12-15-19(2)21(3,22)18-20-16-13-11-14-17-20/h11,13-14,16-17,19H,4-10,12,15,18H2,1-3H3. The van der Waals surface area contributed by atoms with Crippen LogP contribution in [-0.4, -0.2) is 4.87 Å². The summed E-state index contributed by atoms with van der Waals surface area (Å²) in [4.78, 5) is -0.123. The minimum absolute atomic E-state index is 0.123. The van der Waals surface area contributed by atoms with Crippen molar-refractivity contribution in [1.82, 2.24) is 0 Å². The summed E-state index contributed by atoms with van der Waals surface area (Å²) in [6, 6.07) is 10.6. The summed E-state index contributed by atoms with van der Waals surface area (Å²) in [6.45, 7) is 6.80. The second-order valence-corrected chi connectivity index (χ2v) is 7.97. The Labute approximate surface area is 143 Å². The van der Waals surface area contributed by atoms with Gasteiger partial charge in [0, 0.05) is 4.87 Å². The third-order valence-electron chi connectivity index (χ3n) is 4.91. The van der Waals surface area contributed by atoms with Crippen LogP contribution in [0.15, 0.2) is 30.3 Å². The largest absolute Gasteiger partial charge is 0.119 e. The number of alkyl halides is 1. The molecule has 0 fully saturated rings. The molecule has 0 amide bonds. The zero-order valence-electron chi connectivity index (χ0n) is 14.9. The Kier molecular flexibility index (Phi) is 9.87. The minimum atomic E-state index is -0.123. The van der Waals surface area contributed by atoms with Gasteiger partial charge in [0.1, 0.15) is 0 Å². The van der Waals surface area contributed by atoms with Crippen LogP contribution in [0.1, 0.15) is 84.1 Å². The zero-order chi connectivity index (χ0) is 16.3. The number of hydrogen-bond acceptors (Lipinski definition) is 0. The molecule has 1 aromatic rings. The van der Waals surface area contributed by atoms with E-state index in [4.69, 9.17) is 11.6 Å². The van der Waals surface area contributed by atoms with Crippen LogP contribution in [0.5, 0.6) is 0 Å². The van der Waals surface area contributed by atoms with Gasteiger partial charge in [0.2, 0.25) is 0 Å². The van der Waals surface area contributed by atoms with Gasteiger partial charge in [-0.05, 0) is 31.2 Å². The first-order valence-electron chi connectivity index (χ1n) is 9.29. The van der Waals surface area contributed by atoms with Crippen molar-refractivity contribution in [2.45, 2.75) is 89.9 Å². The fourth-order valence-corrected chi connectivity index (χ4v) is 3.32. The van der Waals surface area contributed by atoms with Crippen molar-refractivity contribution in [3.8, 4) is 0 Å². The molecule has 0 aliphatic heterocycles. The summed E-state index contributed by atoms with van der Waals surface area (Å²) >= 11 is 6.82. The fourth-order valence-electron chi connectivity index (χ4n) is 3.05. The lowest BCUT2D eigenvalue weighted by Crippen LogP contribution is -2.29. The molecular weight excluding hydrogens is 288 g/mol. The SMILES string of the molecule is CCCCCCCCCCC(C)C(C)(Cl)Cc1ccccc1. The van der Waals surface area contributed by atoms with Crippen LogP contribution in [0.4, 0.5) is 0 Å². The Hall–Kier alpha value is -0.490. The number of halogens is 1. The highest BCUT2D eigenvalue weighted by atomic mass is 35.5. The zero-order valence-corrected chi connectivity index (χ0v) is 15.7. The van der Waals surface area contributed by atoms with Crippen LogP contribution in [-0.2, 0) is 6.42 Å². The summed E-state index contributed by atoms with van der Waals surface area (Å²) in [5.41, 5.74) is 1.35. The molecule has 126 valence electrons. The van der Waals surface area contributed by atoms with Crippen LogP contribution in [0.2, 0.25) is 0 Å². The topological polar surface area (TPSA) is 0 Å². The average Bonchev–Trinajstić information content (AvgIpc) is 2.50. The first-order chi connectivity index (χ1) is 10.6. The molecule has 0 N–H and O–H groups in total. The molecule has 0 aliphatic rings. The van der Waals surface area contributed by atoms with E-state index in [2.05, 4.69) is 51.1 Å². The molecule has 1 rings (SSSR count). The van der Waals surface area contributed by atoms with Gasteiger partial charge in [0.15, 0.2) is 0 Å². The quantitative estimate of drug-likeness (QED) is 0.278. The number of rotatable bonds is 12. The van der Waals surface area contributed by atoms with E-state index < -0.39 is 0 Å². The van der Waals surface area contributed by atoms with Crippen molar-refractivity contribution in [2.75, 3.05) is 0 Å². The van der Waals surface area contributed by atoms with Gasteiger partial charge in [0.05, 0.1) is 0 Å². The second kappa shape index (κ2) is 11.1. The summed E-state index contributed by atoms with van der Waals surface area (Å²) < 4.78 is 0. The third kappa shape index (κ3) is 8.22. The van der Waals surface area contributed by atoms with Crippen molar-refractivity contribution < 1.29 is 0 Å². The van der Waals surface area contributed by atoms with E-state index >= 15 is 0 Å². The maximum atomic E-state index is 6.82. The summed E-state index contributed by atoms with van der Waals surface area (Å²) in [5, 5.41) is 0. The minimum Gasteiger partial charge on any atom is -0.119 e. The first-order valence-corrected chi connectivity index (χ1v) is 9.67. The van der Waals surface area contributed by atoms with Gasteiger partial charge >= 0.3 is 0 Å². The number of unbranched alkanes of at least 4 members (excludes halogenated alkanes) is 7. The van der Waals surface area contributed by atoms with Crippen molar-refractivity contribution in [1.29, 1.82) is 0 Å². The molecule has 22 heavy (non-hydrogen) atoms. The Morgan fingerprint density at radius 2 is 1.45 bits per heavy atom. The van der Waals surface area contributed by atoms with Crippen LogP contribution in [0, 0.1) is 5.92 Å². The lowest BCUT2D eigenvalue weighted by atomic mass is 9.85. The van der Waals surface area contributed by atoms with Crippen LogP contribution in [0.25, 0.3) is 0 Å². The van der Waals surface area contributed by atoms with E-state index in [1.54, 1.807) is 0 Å². The van der Waals surface area contributed by atoms with E-state index in [0.717, 1.165) is 6.42 Å². The maximum Gasteiger partial charge on any atom is 0.0484 e. The molecular formula is C21H35Cl. The normalized spacial score (nSPS) is 15.5. The third-order valence-corrected chi connectivity index (χ3v) is 5.42. The highest BCUT2D eigenvalue weighted by Crippen LogP contribution is 2.32. The molecule has 0 saturated carbocycles. The van der Waals surface area contributed by atoms with Gasteiger partial charge in [-0.15, -0.1) is 11.6 Å². The highest BCUT2D eigenvalue weighted by molar-refractivity contribution is 6.24. The van der Waals surface area contributed by atoms with Crippen molar-refractivity contribution in [3.63, 3.8) is 0 Å². The highest BCUT2D eigenvalue weighted by Gasteiger charge is 2.28. The van der Waals surface area contributed by atoms with Gasteiger partial charge in [0.25, 0.3) is 0 Å². The lowest BCUT2D eigenvalue weighted by molar-refractivity contribution is 0.376. The molecule has 0 aliphatic carbocycles. The monoisotopic (exact) mass is 322 g/mol. The van der Waals surface area contributed by atoms with Crippen molar-refractivity contribution >= 4 is 11.6 Å². The van der Waals surface area contributed by atoms with E-state index in [-0.39, 0.29) is 4.87 Å². The predicted octanol–water partition coefficient (Wildman–Crippen LogP) is 7.39. The molecule has 1 aromatic carbocycles. The van der Waals surface area contributed by atoms with Gasteiger partial charge in [-0.3, -0.25) is 0 Å². The summed E-state index contributed by atoms with van der Waals surface area (Å²) in [6.07, 6.45) is 13.3. The fraction of sp³-hybridized carbons (Fsp3) is 0.714. The van der Waals surface area contributed by atoms with Crippen LogP contribution >= 0.6 is 11.6 Å². The molecule has 0 nitrogen and oxygen atoms in total. The Morgan fingerprint density at radius 3 is 2.05 bits per heavy atom. The Morgan fingerprint density at radius 1 is 0.909 bits per heavy atom. The molecule has 2 unspecified atom stereocenters. The first kappa shape index (κ1) is 19.6. The number of benzene rings is 1. The molecule has 0 bridgehead atoms. The van der Waals surface area contributed by atoms with E-state index in [1.807, 2.05) is 0 Å². The smallest absolute Gasteiger partial charge is 0.0484 e. The summed E-state index contributed by atoms with van der Waals surface area (Å²) in [5.74, 6) is 0.564. The molecule has 0 heterocycles. The van der Waals surface area contributed by atoms with Gasteiger partial charge in [-0.25, -0.2) is 0 Å².